The summed E-state index contributed by atoms with van der Waals surface area (Å²) in [5, 5.41) is 0. The molecule has 0 radical (unpaired) electrons. The maximum Gasteiger partial charge on any atom is 0.138 e. The number of rotatable bonds is 5. The van der Waals surface area contributed by atoms with Gasteiger partial charge in [-0.2, -0.15) is 0 Å². The molecule has 0 spiro atoms. The van der Waals surface area contributed by atoms with Gasteiger partial charge in [0, 0.05) is 18.9 Å². The summed E-state index contributed by atoms with van der Waals surface area (Å²) >= 11 is 0. The summed E-state index contributed by atoms with van der Waals surface area (Å²) in [6.07, 6.45) is 15.9. The molecule has 0 aromatic heterocycles. The average Bonchev–Trinajstić information content (AvgIpc) is 3.02. The predicted molar refractivity (Wildman–Crippen MR) is 138 cm³/mol. The molecule has 0 amide bonds. The van der Waals surface area contributed by atoms with Crippen LogP contribution in [0.4, 0.5) is 0 Å². The van der Waals surface area contributed by atoms with Crippen LogP contribution >= 0.6 is 0 Å². The fourth-order valence-electron chi connectivity index (χ4n) is 10.1. The number of hydrogen-bond donors (Lipinski definition) is 0. The van der Waals surface area contributed by atoms with Gasteiger partial charge >= 0.3 is 0 Å². The van der Waals surface area contributed by atoms with E-state index in [1.54, 1.807) is 7.11 Å². The molecule has 4 rings (SSSR count). The SMILES string of the molecule is COC(C)(C)/C=C/C[C@H](C)[C@@H]1CC[C@]2(C)[C@@H]3CC[C@H]4C(C)(C)C(=O)CC[C@]4(C)[C@H]3CC[C@@]12C. The van der Waals surface area contributed by atoms with Gasteiger partial charge in [-0.25, -0.2) is 0 Å². The lowest BCUT2D eigenvalue weighted by molar-refractivity contribution is -0.183. The van der Waals surface area contributed by atoms with Crippen molar-refractivity contribution < 1.29 is 9.53 Å². The number of methoxy groups -OCH3 is 1. The molecule has 33 heavy (non-hydrogen) atoms. The van der Waals surface area contributed by atoms with E-state index in [1.165, 1.54) is 38.5 Å². The van der Waals surface area contributed by atoms with Crippen molar-refractivity contribution in [1.29, 1.82) is 0 Å². The van der Waals surface area contributed by atoms with Gasteiger partial charge in [0.1, 0.15) is 5.78 Å². The second kappa shape index (κ2) is 8.21. The molecule has 4 saturated carbocycles. The fraction of sp³-hybridized carbons (Fsp3) is 0.903. The Kier molecular flexibility index (Phi) is 6.33. The summed E-state index contributed by atoms with van der Waals surface area (Å²) < 4.78 is 5.59. The molecule has 4 aliphatic carbocycles. The zero-order valence-corrected chi connectivity index (χ0v) is 23.2. The van der Waals surface area contributed by atoms with Crippen molar-refractivity contribution in [2.24, 2.45) is 51.2 Å². The molecule has 0 aromatic carbocycles. The van der Waals surface area contributed by atoms with Crippen LogP contribution < -0.4 is 0 Å². The quantitative estimate of drug-likeness (QED) is 0.389. The number of ketones is 1. The number of hydrogen-bond acceptors (Lipinski definition) is 2. The van der Waals surface area contributed by atoms with E-state index in [1.807, 2.05) is 0 Å². The Morgan fingerprint density at radius 2 is 1.64 bits per heavy atom. The molecule has 0 heterocycles. The number of fused-ring (bicyclic) bond motifs is 5. The number of carbonyl (C=O) groups is 1. The average molecular weight is 457 g/mol. The number of allylic oxidation sites excluding steroid dienone is 1. The van der Waals surface area contributed by atoms with Crippen LogP contribution in [0.5, 0.6) is 0 Å². The minimum atomic E-state index is -0.172. The Balaban J connectivity index is 1.56. The molecule has 4 fully saturated rings. The Hall–Kier alpha value is -0.630. The molecule has 2 nitrogen and oxygen atoms in total. The molecule has 2 heteroatoms. The molecule has 4 aliphatic rings. The highest BCUT2D eigenvalue weighted by Crippen LogP contribution is 2.74. The number of Topliss-reactive ketones (excluding diaryl/α,β-unsaturated/α-hetero) is 1. The first-order valence-corrected chi connectivity index (χ1v) is 14.0. The van der Waals surface area contributed by atoms with E-state index >= 15 is 0 Å². The van der Waals surface area contributed by atoms with Crippen molar-refractivity contribution in [2.45, 2.75) is 119 Å². The molecular formula is C31H52O2. The van der Waals surface area contributed by atoms with Crippen LogP contribution in [-0.2, 0) is 9.53 Å². The fourth-order valence-corrected chi connectivity index (χ4v) is 10.1. The van der Waals surface area contributed by atoms with Gasteiger partial charge in [-0.3, -0.25) is 4.79 Å². The zero-order chi connectivity index (χ0) is 24.4. The third-order valence-corrected chi connectivity index (χ3v) is 12.5. The smallest absolute Gasteiger partial charge is 0.138 e. The summed E-state index contributed by atoms with van der Waals surface area (Å²) in [5.74, 6) is 4.27. The third kappa shape index (κ3) is 3.71. The van der Waals surface area contributed by atoms with Crippen molar-refractivity contribution in [2.75, 3.05) is 7.11 Å². The van der Waals surface area contributed by atoms with Crippen molar-refractivity contribution >= 4 is 5.78 Å². The minimum Gasteiger partial charge on any atom is -0.375 e. The molecule has 0 aromatic rings. The first-order chi connectivity index (χ1) is 15.2. The monoisotopic (exact) mass is 456 g/mol. The lowest BCUT2D eigenvalue weighted by Crippen LogP contribution is -2.61. The van der Waals surface area contributed by atoms with Gasteiger partial charge in [0.25, 0.3) is 0 Å². The standard InChI is InChI=1S/C31H52O2/c1-21(11-10-17-27(2,3)33-9)22-14-19-31(8)24-12-13-25-28(4,5)26(32)16-18-29(25,6)23(24)15-20-30(22,31)7/h10,17,21-25H,11-16,18-20H2,1-9H3/b17-10+/t21-,22-,23-,24+,25-,29+,30-,31+/m0/s1. The third-order valence-electron chi connectivity index (χ3n) is 12.5. The number of ether oxygens (including phenoxy) is 1. The van der Waals surface area contributed by atoms with Gasteiger partial charge < -0.3 is 4.74 Å². The zero-order valence-electron chi connectivity index (χ0n) is 23.2. The Labute approximate surface area is 204 Å². The van der Waals surface area contributed by atoms with Crippen LogP contribution in [-0.4, -0.2) is 18.5 Å². The Bertz CT molecular complexity index is 793. The molecule has 8 atom stereocenters. The van der Waals surface area contributed by atoms with Crippen molar-refractivity contribution in [3.8, 4) is 0 Å². The summed E-state index contributed by atoms with van der Waals surface area (Å²) in [5.41, 5.74) is 0.942. The molecule has 0 unspecified atom stereocenters. The first-order valence-electron chi connectivity index (χ1n) is 14.0. The molecule has 0 N–H and O–H groups in total. The van der Waals surface area contributed by atoms with Crippen molar-refractivity contribution in [1.82, 2.24) is 0 Å². The van der Waals surface area contributed by atoms with E-state index < -0.39 is 0 Å². The van der Waals surface area contributed by atoms with Gasteiger partial charge in [-0.15, -0.1) is 0 Å². The second-order valence-electron chi connectivity index (χ2n) is 14.4. The maximum absolute atomic E-state index is 12.8. The van der Waals surface area contributed by atoms with Gasteiger partial charge in [-0.05, 0) is 111 Å². The molecule has 0 aliphatic heterocycles. The van der Waals surface area contributed by atoms with E-state index in [4.69, 9.17) is 4.74 Å². The molecular weight excluding hydrogens is 404 g/mol. The molecule has 188 valence electrons. The first kappa shape index (κ1) is 25.5. The van der Waals surface area contributed by atoms with E-state index in [0.29, 0.717) is 27.9 Å². The van der Waals surface area contributed by atoms with Crippen LogP contribution in [0.3, 0.4) is 0 Å². The molecule has 0 saturated heterocycles. The Morgan fingerprint density at radius 1 is 0.970 bits per heavy atom. The van der Waals surface area contributed by atoms with Crippen molar-refractivity contribution in [3.05, 3.63) is 12.2 Å². The van der Waals surface area contributed by atoms with E-state index in [9.17, 15) is 4.79 Å². The van der Waals surface area contributed by atoms with Gasteiger partial charge in [0.15, 0.2) is 0 Å². The van der Waals surface area contributed by atoms with Crippen LogP contribution in [0, 0.1) is 51.2 Å². The lowest BCUT2D eigenvalue weighted by Gasteiger charge is -2.66. The van der Waals surface area contributed by atoms with Crippen molar-refractivity contribution in [3.63, 3.8) is 0 Å². The van der Waals surface area contributed by atoms with Crippen LogP contribution in [0.15, 0.2) is 12.2 Å². The van der Waals surface area contributed by atoms with Gasteiger partial charge in [0.05, 0.1) is 5.60 Å². The maximum atomic E-state index is 12.8. The Morgan fingerprint density at radius 3 is 2.30 bits per heavy atom. The second-order valence-corrected chi connectivity index (χ2v) is 14.4. The number of carbonyl (C=O) groups excluding carboxylic acids is 1. The largest absolute Gasteiger partial charge is 0.375 e. The van der Waals surface area contributed by atoms with Crippen LogP contribution in [0.2, 0.25) is 0 Å². The summed E-state index contributed by atoms with van der Waals surface area (Å²) in [4.78, 5) is 12.8. The van der Waals surface area contributed by atoms with Gasteiger partial charge in [-0.1, -0.05) is 53.7 Å². The highest BCUT2D eigenvalue weighted by Gasteiger charge is 2.67. The highest BCUT2D eigenvalue weighted by atomic mass is 16.5. The summed E-state index contributed by atoms with van der Waals surface area (Å²) in [7, 11) is 1.80. The predicted octanol–water partition coefficient (Wildman–Crippen LogP) is 8.25. The van der Waals surface area contributed by atoms with E-state index in [-0.39, 0.29) is 11.0 Å². The highest BCUT2D eigenvalue weighted by molar-refractivity contribution is 5.85. The van der Waals surface area contributed by atoms with E-state index in [0.717, 1.165) is 42.9 Å². The van der Waals surface area contributed by atoms with Crippen LogP contribution in [0.1, 0.15) is 113 Å². The topological polar surface area (TPSA) is 26.3 Å². The normalized spacial score (nSPS) is 46.0. The van der Waals surface area contributed by atoms with Gasteiger partial charge in [0.2, 0.25) is 0 Å². The molecule has 0 bridgehead atoms. The minimum absolute atomic E-state index is 0.130. The lowest BCUT2D eigenvalue weighted by atomic mass is 9.38. The van der Waals surface area contributed by atoms with Crippen LogP contribution in [0.25, 0.3) is 0 Å². The van der Waals surface area contributed by atoms with E-state index in [2.05, 4.69) is 67.5 Å². The summed E-state index contributed by atoms with van der Waals surface area (Å²) in [6, 6.07) is 0. The summed E-state index contributed by atoms with van der Waals surface area (Å²) in [6.45, 7) is 19.3.